The van der Waals surface area contributed by atoms with E-state index >= 15 is 0 Å². The number of amides is 1. The van der Waals surface area contributed by atoms with E-state index in [9.17, 15) is 22.0 Å². The van der Waals surface area contributed by atoms with Gasteiger partial charge < -0.3 is 9.30 Å². The van der Waals surface area contributed by atoms with Crippen molar-refractivity contribution < 1.29 is 26.7 Å². The maximum absolute atomic E-state index is 14.6. The fraction of sp³-hybridized carbons (Fsp3) is 0.259. The van der Waals surface area contributed by atoms with Crippen LogP contribution in [0.1, 0.15) is 29.3 Å². The van der Waals surface area contributed by atoms with Gasteiger partial charge in [0.25, 0.3) is 15.9 Å². The maximum atomic E-state index is 14.6. The Balaban J connectivity index is 1.47. The fourth-order valence-corrected chi connectivity index (χ4v) is 7.15. The standard InChI is InChI=1S/C27H25F2N3O4S2/c1-2-36-15-14-31-25-22(29)16-20(28)17-24(25)37-27(31)30-26(33)19-9-11-21(12-10-19)38(34,35)32-13-5-7-18-6-3-4-8-23(18)32/h3-4,6,8-12,16-17H,2,5,7,13-15H2,1H3. The second-order valence-electron chi connectivity index (χ2n) is 8.72. The first-order chi connectivity index (χ1) is 18.3. The molecule has 4 aromatic rings. The van der Waals surface area contributed by atoms with E-state index < -0.39 is 27.6 Å². The summed E-state index contributed by atoms with van der Waals surface area (Å²) in [6, 6.07) is 15.0. The number of fused-ring (bicyclic) bond motifs is 2. The van der Waals surface area contributed by atoms with E-state index in [0.29, 0.717) is 30.0 Å². The zero-order chi connectivity index (χ0) is 26.9. The maximum Gasteiger partial charge on any atom is 0.279 e. The summed E-state index contributed by atoms with van der Waals surface area (Å²) in [5, 5.41) is 0. The molecule has 0 aliphatic carbocycles. The Hall–Kier alpha value is -3.41. The van der Waals surface area contributed by atoms with Crippen molar-refractivity contribution in [3.8, 4) is 0 Å². The molecule has 0 saturated heterocycles. The van der Waals surface area contributed by atoms with Crippen LogP contribution in [0.2, 0.25) is 0 Å². The van der Waals surface area contributed by atoms with Gasteiger partial charge >= 0.3 is 0 Å². The Bertz CT molecular complexity index is 1680. The molecule has 2 heterocycles. The number of hydrogen-bond donors (Lipinski definition) is 0. The number of aryl methyl sites for hydroxylation is 1. The Kier molecular flexibility index (Phi) is 7.42. The zero-order valence-electron chi connectivity index (χ0n) is 20.6. The number of hydrogen-bond acceptors (Lipinski definition) is 5. The van der Waals surface area contributed by atoms with E-state index in [4.69, 9.17) is 4.74 Å². The molecule has 11 heteroatoms. The van der Waals surface area contributed by atoms with E-state index in [1.807, 2.05) is 25.1 Å². The summed E-state index contributed by atoms with van der Waals surface area (Å²) in [5.41, 5.74) is 1.96. The molecular weight excluding hydrogens is 532 g/mol. The van der Waals surface area contributed by atoms with E-state index in [0.717, 1.165) is 29.4 Å². The highest BCUT2D eigenvalue weighted by atomic mass is 32.2. The normalized spacial score (nSPS) is 14.2. The molecule has 0 atom stereocenters. The van der Waals surface area contributed by atoms with Gasteiger partial charge in [0.15, 0.2) is 10.6 Å². The molecule has 5 rings (SSSR count). The molecule has 7 nitrogen and oxygen atoms in total. The topological polar surface area (TPSA) is 81.0 Å². The van der Waals surface area contributed by atoms with Gasteiger partial charge in [-0.05, 0) is 61.7 Å². The number of rotatable bonds is 7. The van der Waals surface area contributed by atoms with E-state index in [-0.39, 0.29) is 33.9 Å². The lowest BCUT2D eigenvalue weighted by Crippen LogP contribution is -2.35. The van der Waals surface area contributed by atoms with E-state index in [2.05, 4.69) is 4.99 Å². The second-order valence-corrected chi connectivity index (χ2v) is 11.6. The average molecular weight is 558 g/mol. The molecule has 1 aliphatic rings. The van der Waals surface area contributed by atoms with Crippen LogP contribution in [0.5, 0.6) is 0 Å². The first-order valence-electron chi connectivity index (χ1n) is 12.2. The van der Waals surface area contributed by atoms with Gasteiger partial charge in [0.1, 0.15) is 5.82 Å². The average Bonchev–Trinajstić information content (AvgIpc) is 3.25. The number of benzene rings is 3. The third-order valence-electron chi connectivity index (χ3n) is 6.31. The summed E-state index contributed by atoms with van der Waals surface area (Å²) >= 11 is 0.990. The molecule has 0 spiro atoms. The van der Waals surface area contributed by atoms with Crippen molar-refractivity contribution in [3.05, 3.63) is 88.2 Å². The highest BCUT2D eigenvalue weighted by Crippen LogP contribution is 2.32. The minimum absolute atomic E-state index is 0.0666. The highest BCUT2D eigenvalue weighted by Gasteiger charge is 2.29. The van der Waals surface area contributed by atoms with Crippen LogP contribution in [0.15, 0.2) is 70.6 Å². The number of aromatic nitrogens is 1. The molecule has 1 aliphatic heterocycles. The number of ether oxygens (including phenoxy) is 1. The van der Waals surface area contributed by atoms with Crippen molar-refractivity contribution in [2.45, 2.75) is 31.2 Å². The predicted molar refractivity (Wildman–Crippen MR) is 142 cm³/mol. The summed E-state index contributed by atoms with van der Waals surface area (Å²) in [7, 11) is -3.82. The smallest absolute Gasteiger partial charge is 0.279 e. The van der Waals surface area contributed by atoms with Crippen LogP contribution < -0.4 is 9.11 Å². The number of thiazole rings is 1. The van der Waals surface area contributed by atoms with Crippen LogP contribution in [-0.4, -0.2) is 38.7 Å². The minimum atomic E-state index is -3.82. The van der Waals surface area contributed by atoms with Crippen LogP contribution in [0, 0.1) is 11.6 Å². The van der Waals surface area contributed by atoms with Crippen LogP contribution in [0.25, 0.3) is 10.2 Å². The number of carbonyl (C=O) groups is 1. The van der Waals surface area contributed by atoms with Crippen LogP contribution >= 0.6 is 11.3 Å². The molecule has 0 N–H and O–H groups in total. The van der Waals surface area contributed by atoms with Gasteiger partial charge in [-0.15, -0.1) is 0 Å². The Morgan fingerprint density at radius 3 is 2.63 bits per heavy atom. The number of sulfonamides is 1. The third kappa shape index (κ3) is 5.01. The van der Waals surface area contributed by atoms with Crippen LogP contribution in [0.3, 0.4) is 0 Å². The molecule has 38 heavy (non-hydrogen) atoms. The molecule has 3 aromatic carbocycles. The SMILES string of the molecule is CCOCCn1c(=NC(=O)c2ccc(S(=O)(=O)N3CCCc4ccccc43)cc2)sc2cc(F)cc(F)c21. The lowest BCUT2D eigenvalue weighted by Gasteiger charge is -2.30. The Morgan fingerprint density at radius 2 is 1.87 bits per heavy atom. The van der Waals surface area contributed by atoms with Gasteiger partial charge in [-0.3, -0.25) is 9.10 Å². The lowest BCUT2D eigenvalue weighted by atomic mass is 10.0. The molecule has 0 bridgehead atoms. The fourth-order valence-electron chi connectivity index (χ4n) is 4.52. The number of carbonyl (C=O) groups excluding carboxylic acids is 1. The van der Waals surface area contributed by atoms with Crippen molar-refractivity contribution in [3.63, 3.8) is 0 Å². The third-order valence-corrected chi connectivity index (χ3v) is 9.17. The molecule has 0 radical (unpaired) electrons. The first-order valence-corrected chi connectivity index (χ1v) is 14.4. The Labute approximate surface area is 222 Å². The first kappa shape index (κ1) is 26.2. The number of anilines is 1. The molecule has 0 saturated carbocycles. The lowest BCUT2D eigenvalue weighted by molar-refractivity contribution is 0.0996. The highest BCUT2D eigenvalue weighted by molar-refractivity contribution is 7.92. The zero-order valence-corrected chi connectivity index (χ0v) is 22.2. The van der Waals surface area contributed by atoms with Crippen LogP contribution in [0.4, 0.5) is 14.5 Å². The second kappa shape index (κ2) is 10.8. The van der Waals surface area contributed by atoms with Gasteiger partial charge in [-0.1, -0.05) is 29.5 Å². The van der Waals surface area contributed by atoms with Gasteiger partial charge in [-0.25, -0.2) is 17.2 Å². The number of halogens is 2. The van der Waals surface area contributed by atoms with Crippen molar-refractivity contribution in [2.24, 2.45) is 4.99 Å². The summed E-state index contributed by atoms with van der Waals surface area (Å²) in [5.74, 6) is -2.11. The molecule has 198 valence electrons. The van der Waals surface area contributed by atoms with Gasteiger partial charge in [-0.2, -0.15) is 4.99 Å². The van der Waals surface area contributed by atoms with Crippen molar-refractivity contribution in [2.75, 3.05) is 24.1 Å². The summed E-state index contributed by atoms with van der Waals surface area (Å²) in [6.45, 7) is 3.14. The van der Waals surface area contributed by atoms with E-state index in [1.165, 1.54) is 39.2 Å². The van der Waals surface area contributed by atoms with Crippen molar-refractivity contribution >= 4 is 43.2 Å². The van der Waals surface area contributed by atoms with Gasteiger partial charge in [0.05, 0.1) is 27.4 Å². The van der Waals surface area contributed by atoms with Crippen molar-refractivity contribution in [1.82, 2.24) is 4.57 Å². The number of nitrogens with zero attached hydrogens (tertiary/aromatic N) is 3. The summed E-state index contributed by atoms with van der Waals surface area (Å²) in [4.78, 5) is 17.4. The minimum Gasteiger partial charge on any atom is -0.380 e. The molecule has 0 fully saturated rings. The predicted octanol–water partition coefficient (Wildman–Crippen LogP) is 4.90. The molecule has 1 amide bonds. The van der Waals surface area contributed by atoms with Gasteiger partial charge in [0.2, 0.25) is 0 Å². The quantitative estimate of drug-likeness (QED) is 0.303. The molecular formula is C27H25F2N3O4S2. The summed E-state index contributed by atoms with van der Waals surface area (Å²) in [6.07, 6.45) is 1.53. The number of para-hydroxylation sites is 1. The van der Waals surface area contributed by atoms with E-state index in [1.54, 1.807) is 6.07 Å². The largest absolute Gasteiger partial charge is 0.380 e. The Morgan fingerprint density at radius 1 is 1.11 bits per heavy atom. The van der Waals surface area contributed by atoms with Crippen LogP contribution in [-0.2, 0) is 27.7 Å². The monoisotopic (exact) mass is 557 g/mol. The van der Waals surface area contributed by atoms with Crippen molar-refractivity contribution in [1.29, 1.82) is 0 Å². The summed E-state index contributed by atoms with van der Waals surface area (Å²) < 4.78 is 63.8. The molecule has 1 aromatic heterocycles. The molecule has 0 unspecified atom stereocenters. The van der Waals surface area contributed by atoms with Gasteiger partial charge in [0, 0.05) is 31.3 Å².